The Labute approximate surface area is 149 Å². The zero-order valence-electron chi connectivity index (χ0n) is 13.7. The zero-order valence-corrected chi connectivity index (χ0v) is 14.5. The molecule has 8 heteroatoms. The molecule has 0 atom stereocenters. The number of para-hydroxylation sites is 2. The largest absolute Gasteiger partial charge is 0.494 e. The van der Waals surface area contributed by atoms with E-state index >= 15 is 0 Å². The van der Waals surface area contributed by atoms with Gasteiger partial charge in [-0.2, -0.15) is 5.10 Å². The number of sulfone groups is 1. The predicted molar refractivity (Wildman–Crippen MR) is 93.4 cm³/mol. The molecule has 1 N–H and O–H groups in total. The fourth-order valence-electron chi connectivity index (χ4n) is 3.22. The van der Waals surface area contributed by atoms with Gasteiger partial charge in [-0.15, -0.1) is 0 Å². The highest BCUT2D eigenvalue weighted by molar-refractivity contribution is 7.90. The van der Waals surface area contributed by atoms with E-state index < -0.39 is 21.6 Å². The highest BCUT2D eigenvalue weighted by Crippen LogP contribution is 2.41. The van der Waals surface area contributed by atoms with E-state index in [1.165, 1.54) is 17.9 Å². The van der Waals surface area contributed by atoms with Gasteiger partial charge in [-0.3, -0.25) is 0 Å². The van der Waals surface area contributed by atoms with Crippen LogP contribution in [0.1, 0.15) is 16.1 Å². The summed E-state index contributed by atoms with van der Waals surface area (Å²) in [6.45, 7) is 0. The smallest absolute Gasteiger partial charge is 0.356 e. The molecule has 3 aromatic rings. The number of hydrogen-bond acceptors (Lipinski definition) is 5. The molecule has 7 nitrogen and oxygen atoms in total. The van der Waals surface area contributed by atoms with Crippen LogP contribution in [0.5, 0.6) is 5.75 Å². The van der Waals surface area contributed by atoms with Gasteiger partial charge in [0.15, 0.2) is 15.5 Å². The Bertz CT molecular complexity index is 1150. The van der Waals surface area contributed by atoms with Crippen LogP contribution in [-0.2, 0) is 15.6 Å². The second-order valence-corrected chi connectivity index (χ2v) is 7.78. The van der Waals surface area contributed by atoms with Crippen molar-refractivity contribution in [1.82, 2.24) is 9.78 Å². The van der Waals surface area contributed by atoms with E-state index in [-0.39, 0.29) is 16.2 Å². The number of methoxy groups -OCH3 is 1. The summed E-state index contributed by atoms with van der Waals surface area (Å²) in [7, 11) is -2.14. The third-order valence-electron chi connectivity index (χ3n) is 4.31. The van der Waals surface area contributed by atoms with Crippen LogP contribution in [0.3, 0.4) is 0 Å². The first-order valence-corrected chi connectivity index (χ1v) is 9.40. The van der Waals surface area contributed by atoms with Crippen molar-refractivity contribution >= 4 is 15.8 Å². The lowest BCUT2D eigenvalue weighted by atomic mass is 10.1. The van der Waals surface area contributed by atoms with Crippen molar-refractivity contribution in [3.63, 3.8) is 0 Å². The van der Waals surface area contributed by atoms with Crippen molar-refractivity contribution in [2.45, 2.75) is 10.6 Å². The van der Waals surface area contributed by atoms with Crippen LogP contribution in [0.2, 0.25) is 0 Å². The summed E-state index contributed by atoms with van der Waals surface area (Å²) in [6.07, 6.45) is 0. The molecule has 0 fully saturated rings. The van der Waals surface area contributed by atoms with Gasteiger partial charge in [-0.1, -0.05) is 30.3 Å². The lowest BCUT2D eigenvalue weighted by Gasteiger charge is -2.19. The van der Waals surface area contributed by atoms with Gasteiger partial charge in [0.1, 0.15) is 11.4 Å². The molecule has 0 bridgehead atoms. The number of carboxylic acids is 1. The van der Waals surface area contributed by atoms with Gasteiger partial charge in [0.25, 0.3) is 0 Å². The molecule has 0 saturated heterocycles. The highest BCUT2D eigenvalue weighted by atomic mass is 32.2. The molecular weight excluding hydrogens is 356 g/mol. The average Bonchev–Trinajstić information content (AvgIpc) is 3.00. The molecule has 26 heavy (non-hydrogen) atoms. The fourth-order valence-corrected chi connectivity index (χ4v) is 4.81. The van der Waals surface area contributed by atoms with E-state index in [0.29, 0.717) is 22.7 Å². The summed E-state index contributed by atoms with van der Waals surface area (Å²) >= 11 is 0. The molecule has 0 spiro atoms. The maximum atomic E-state index is 12.6. The molecular formula is C18H14N2O5S. The normalized spacial score (nSPS) is 14.3. The van der Waals surface area contributed by atoms with Crippen LogP contribution in [0.4, 0.5) is 0 Å². The monoisotopic (exact) mass is 370 g/mol. The average molecular weight is 370 g/mol. The number of aromatic carboxylic acids is 1. The minimum absolute atomic E-state index is 0.167. The van der Waals surface area contributed by atoms with Gasteiger partial charge in [-0.05, 0) is 18.2 Å². The van der Waals surface area contributed by atoms with E-state index in [1.54, 1.807) is 42.5 Å². The summed E-state index contributed by atoms with van der Waals surface area (Å²) in [5.41, 5.74) is 1.33. The molecule has 0 saturated carbocycles. The van der Waals surface area contributed by atoms with Gasteiger partial charge >= 0.3 is 5.97 Å². The lowest BCUT2D eigenvalue weighted by molar-refractivity contribution is 0.0689. The Morgan fingerprint density at radius 3 is 2.58 bits per heavy atom. The summed E-state index contributed by atoms with van der Waals surface area (Å²) in [5, 5.41) is 13.8. The van der Waals surface area contributed by atoms with E-state index in [9.17, 15) is 18.3 Å². The molecule has 0 amide bonds. The van der Waals surface area contributed by atoms with Crippen molar-refractivity contribution in [1.29, 1.82) is 0 Å². The van der Waals surface area contributed by atoms with E-state index in [0.717, 1.165) is 0 Å². The number of benzene rings is 2. The molecule has 2 aromatic carbocycles. The van der Waals surface area contributed by atoms with Crippen molar-refractivity contribution in [3.05, 3.63) is 59.8 Å². The molecule has 0 aliphatic carbocycles. The number of ether oxygens (including phenoxy) is 1. The van der Waals surface area contributed by atoms with E-state index in [2.05, 4.69) is 5.10 Å². The van der Waals surface area contributed by atoms with E-state index in [1.807, 2.05) is 0 Å². The standard InChI is InChI=1S/C18H14N2O5S/c1-25-14-8-4-3-7-13(14)20-17-11-6-2-5-9-15(11)26(23,24)10-12(17)16(19-20)18(21)22/h2-9H,10H2,1H3,(H,21,22). The SMILES string of the molecule is COc1ccccc1-n1nc(C(=O)O)c2c1-c1ccccc1S(=O)(=O)C2. The number of carboxylic acid groups (broad SMARTS) is 1. The van der Waals surface area contributed by atoms with Crippen molar-refractivity contribution in [2.24, 2.45) is 0 Å². The third-order valence-corrected chi connectivity index (χ3v) is 6.01. The summed E-state index contributed by atoms with van der Waals surface area (Å²) in [4.78, 5) is 11.9. The maximum Gasteiger partial charge on any atom is 0.356 e. The number of nitrogens with zero attached hydrogens (tertiary/aromatic N) is 2. The Morgan fingerprint density at radius 1 is 1.15 bits per heavy atom. The predicted octanol–water partition coefficient (Wildman–Crippen LogP) is 2.53. The Morgan fingerprint density at radius 2 is 1.85 bits per heavy atom. The minimum atomic E-state index is -3.64. The molecule has 132 valence electrons. The molecule has 4 rings (SSSR count). The zero-order chi connectivity index (χ0) is 18.5. The molecule has 1 aliphatic heterocycles. The number of fused-ring (bicyclic) bond motifs is 3. The van der Waals surface area contributed by atoms with Gasteiger partial charge < -0.3 is 9.84 Å². The number of hydrogen-bond donors (Lipinski definition) is 1. The Kier molecular flexibility index (Phi) is 3.58. The maximum absolute atomic E-state index is 12.6. The number of carbonyl (C=O) groups is 1. The first kappa shape index (κ1) is 16.3. The van der Waals surface area contributed by atoms with E-state index in [4.69, 9.17) is 4.74 Å². The molecule has 1 aliphatic rings. The molecule has 1 aromatic heterocycles. The van der Waals surface area contributed by atoms with Crippen LogP contribution in [-0.4, -0.2) is 36.4 Å². The fraction of sp³-hybridized carbons (Fsp3) is 0.111. The topological polar surface area (TPSA) is 98.5 Å². The highest BCUT2D eigenvalue weighted by Gasteiger charge is 2.36. The van der Waals surface area contributed by atoms with Crippen molar-refractivity contribution < 1.29 is 23.1 Å². The first-order chi connectivity index (χ1) is 12.4. The van der Waals surface area contributed by atoms with Crippen LogP contribution in [0.15, 0.2) is 53.4 Å². The molecule has 2 heterocycles. The van der Waals surface area contributed by atoms with Crippen molar-refractivity contribution in [3.8, 4) is 22.7 Å². The second kappa shape index (κ2) is 5.70. The number of rotatable bonds is 3. The first-order valence-electron chi connectivity index (χ1n) is 7.75. The van der Waals surface area contributed by atoms with Gasteiger partial charge in [-0.25, -0.2) is 17.9 Å². The van der Waals surface area contributed by atoms with Gasteiger partial charge in [0.2, 0.25) is 0 Å². The minimum Gasteiger partial charge on any atom is -0.494 e. The van der Waals surface area contributed by atoms with Gasteiger partial charge in [0.05, 0.1) is 23.5 Å². The molecule has 0 unspecified atom stereocenters. The summed E-state index contributed by atoms with van der Waals surface area (Å²) < 4.78 is 32.1. The summed E-state index contributed by atoms with van der Waals surface area (Å²) in [5.74, 6) is -1.18. The van der Waals surface area contributed by atoms with Crippen LogP contribution in [0, 0.1) is 0 Å². The number of aromatic nitrogens is 2. The summed E-state index contributed by atoms with van der Waals surface area (Å²) in [6, 6.07) is 13.6. The quantitative estimate of drug-likeness (QED) is 0.761. The Balaban J connectivity index is 2.12. The molecule has 0 radical (unpaired) electrons. The van der Waals surface area contributed by atoms with Gasteiger partial charge in [0, 0.05) is 11.1 Å². The van der Waals surface area contributed by atoms with Crippen LogP contribution in [0.25, 0.3) is 16.9 Å². The van der Waals surface area contributed by atoms with Crippen LogP contribution >= 0.6 is 0 Å². The third kappa shape index (κ3) is 2.30. The lowest BCUT2D eigenvalue weighted by Crippen LogP contribution is -2.15. The second-order valence-electron chi connectivity index (χ2n) is 5.82. The van der Waals surface area contributed by atoms with Crippen LogP contribution < -0.4 is 4.74 Å². The Hall–Kier alpha value is -3.13. The van der Waals surface area contributed by atoms with Crippen molar-refractivity contribution in [2.75, 3.05) is 7.11 Å².